The minimum atomic E-state index is -1.01. The molecule has 0 radical (unpaired) electrons. The Balaban J connectivity index is 1.54. The van der Waals surface area contributed by atoms with E-state index in [9.17, 15) is 19.5 Å². The molecule has 9 heteroatoms. The number of amides is 3. The van der Waals surface area contributed by atoms with Crippen molar-refractivity contribution >= 4 is 23.6 Å². The van der Waals surface area contributed by atoms with Crippen LogP contribution in [-0.2, 0) is 14.3 Å². The molecule has 3 atom stereocenters. The Kier molecular flexibility index (Phi) is 8.63. The fraction of sp³-hybridized carbons (Fsp3) is 0.562. The van der Waals surface area contributed by atoms with Gasteiger partial charge in [0.2, 0.25) is 5.91 Å². The van der Waals surface area contributed by atoms with E-state index in [1.165, 1.54) is 15.4 Å². The third-order valence-corrected chi connectivity index (χ3v) is 8.11. The fourth-order valence-corrected chi connectivity index (χ4v) is 5.94. The number of hydrogen-bond donors (Lipinski definition) is 2. The lowest BCUT2D eigenvalue weighted by Gasteiger charge is -2.36. The van der Waals surface area contributed by atoms with Crippen LogP contribution in [-0.4, -0.2) is 63.2 Å². The minimum Gasteiger partial charge on any atom is -0.444 e. The van der Waals surface area contributed by atoms with E-state index < -0.39 is 35.8 Å². The number of aliphatic hydroxyl groups excluding tert-OH is 1. The molecule has 2 N–H and O–H groups in total. The number of nitrogens with zero attached hydrogens (tertiary/aromatic N) is 3. The zero-order valence-corrected chi connectivity index (χ0v) is 24.3. The Morgan fingerprint density at radius 3 is 2.37 bits per heavy atom. The summed E-state index contributed by atoms with van der Waals surface area (Å²) < 4.78 is 5.59. The summed E-state index contributed by atoms with van der Waals surface area (Å²) in [5.41, 5.74) is 1.56. The van der Waals surface area contributed by atoms with E-state index in [0.717, 1.165) is 44.9 Å². The minimum absolute atomic E-state index is 0.0222. The maximum absolute atomic E-state index is 14.6. The molecule has 3 fully saturated rings. The number of carbonyl (C=O) groups is 3. The van der Waals surface area contributed by atoms with E-state index >= 15 is 0 Å². The van der Waals surface area contributed by atoms with Gasteiger partial charge < -0.3 is 15.2 Å². The van der Waals surface area contributed by atoms with Gasteiger partial charge in [0.25, 0.3) is 5.91 Å². The molecule has 2 heterocycles. The average Bonchev–Trinajstić information content (AvgIpc) is 3.72. The van der Waals surface area contributed by atoms with Gasteiger partial charge in [-0.1, -0.05) is 37.5 Å². The maximum Gasteiger partial charge on any atom is 0.411 e. The first-order valence-corrected chi connectivity index (χ1v) is 14.9. The lowest BCUT2D eigenvalue weighted by atomic mass is 9.94. The molecule has 220 valence electrons. The molecule has 1 unspecified atom stereocenters. The van der Waals surface area contributed by atoms with Crippen LogP contribution in [0.1, 0.15) is 95.2 Å². The molecular weight excluding hydrogens is 520 g/mol. The van der Waals surface area contributed by atoms with Gasteiger partial charge in [-0.25, -0.2) is 4.79 Å². The van der Waals surface area contributed by atoms with Crippen LogP contribution in [0.15, 0.2) is 48.8 Å². The molecule has 1 aromatic heterocycles. The second kappa shape index (κ2) is 12.2. The highest BCUT2D eigenvalue weighted by Crippen LogP contribution is 2.41. The molecule has 2 saturated carbocycles. The zero-order valence-electron chi connectivity index (χ0n) is 24.3. The SMILES string of the molecule is CC(C)(C)OC(=O)N1C[C@H](O)C[C@@H]1C(=O)N(c1ccc(C2CC2)cc1)C(C(=O)NC1CCCCC1)c1cccnc1. The number of anilines is 1. The van der Waals surface area contributed by atoms with Crippen molar-refractivity contribution in [1.82, 2.24) is 15.2 Å². The second-order valence-electron chi connectivity index (χ2n) is 12.6. The van der Waals surface area contributed by atoms with Gasteiger partial charge >= 0.3 is 6.09 Å². The van der Waals surface area contributed by atoms with Crippen LogP contribution >= 0.6 is 0 Å². The predicted octanol–water partition coefficient (Wildman–Crippen LogP) is 4.85. The van der Waals surface area contributed by atoms with E-state index in [-0.39, 0.29) is 24.9 Å². The molecule has 41 heavy (non-hydrogen) atoms. The Morgan fingerprint density at radius 2 is 1.76 bits per heavy atom. The van der Waals surface area contributed by atoms with Gasteiger partial charge in [-0.2, -0.15) is 0 Å². The Hall–Kier alpha value is -3.46. The number of aliphatic hydroxyl groups is 1. The summed E-state index contributed by atoms with van der Waals surface area (Å²) in [6, 6.07) is 9.37. The maximum atomic E-state index is 14.6. The molecule has 2 aromatic rings. The van der Waals surface area contributed by atoms with E-state index in [0.29, 0.717) is 17.2 Å². The molecule has 0 bridgehead atoms. The molecule has 1 aromatic carbocycles. The molecule has 3 aliphatic rings. The third-order valence-electron chi connectivity index (χ3n) is 8.11. The van der Waals surface area contributed by atoms with Crippen molar-refractivity contribution in [2.45, 2.75) is 108 Å². The summed E-state index contributed by atoms with van der Waals surface area (Å²) in [5.74, 6) is -0.198. The normalized spacial score (nSPS) is 22.2. The van der Waals surface area contributed by atoms with E-state index in [1.807, 2.05) is 24.3 Å². The predicted molar refractivity (Wildman–Crippen MR) is 155 cm³/mol. The Labute approximate surface area is 242 Å². The van der Waals surface area contributed by atoms with Gasteiger partial charge in [0, 0.05) is 36.1 Å². The first-order chi connectivity index (χ1) is 19.6. The number of hydrogen-bond acceptors (Lipinski definition) is 6. The summed E-state index contributed by atoms with van der Waals surface area (Å²) in [6.07, 6.45) is 9.10. The number of pyridine rings is 1. The molecule has 3 amide bonds. The van der Waals surface area contributed by atoms with Gasteiger partial charge in [-0.15, -0.1) is 0 Å². The van der Waals surface area contributed by atoms with E-state index in [2.05, 4.69) is 10.3 Å². The second-order valence-corrected chi connectivity index (χ2v) is 12.6. The zero-order chi connectivity index (χ0) is 29.1. The van der Waals surface area contributed by atoms with Crippen LogP contribution in [0.5, 0.6) is 0 Å². The summed E-state index contributed by atoms with van der Waals surface area (Å²) in [7, 11) is 0. The van der Waals surface area contributed by atoms with Crippen molar-refractivity contribution in [2.75, 3.05) is 11.4 Å². The lowest BCUT2D eigenvalue weighted by molar-refractivity contribution is -0.129. The molecule has 5 rings (SSSR count). The number of β-amino-alcohol motifs (C(OH)–C–C–N with tert-alkyl or cyclic N) is 1. The summed E-state index contributed by atoms with van der Waals surface area (Å²) >= 11 is 0. The van der Waals surface area contributed by atoms with Crippen molar-refractivity contribution in [1.29, 1.82) is 0 Å². The smallest absolute Gasteiger partial charge is 0.411 e. The van der Waals surface area contributed by atoms with Crippen LogP contribution in [0.3, 0.4) is 0 Å². The lowest BCUT2D eigenvalue weighted by Crippen LogP contribution is -2.53. The standard InChI is InChI=1S/C32H42N4O5/c1-32(2,3)41-31(40)35-20-26(37)18-27(35)30(39)36(25-15-13-22(14-16-25)21-11-12-21)28(23-8-7-17-33-19-23)29(38)34-24-9-5-4-6-10-24/h7-8,13-17,19,21,24,26-28,37H,4-6,9-12,18,20H2,1-3H3,(H,34,38)/t26-,27-,28?/m1/s1. The van der Waals surface area contributed by atoms with Gasteiger partial charge in [0.15, 0.2) is 0 Å². The number of benzene rings is 1. The van der Waals surface area contributed by atoms with Crippen molar-refractivity contribution in [3.8, 4) is 0 Å². The molecule has 1 saturated heterocycles. The molecule has 0 spiro atoms. The average molecular weight is 563 g/mol. The molecular formula is C32H42N4O5. The van der Waals surface area contributed by atoms with Gasteiger partial charge in [-0.3, -0.25) is 24.4 Å². The number of ether oxygens (including phenoxy) is 1. The van der Waals surface area contributed by atoms with Crippen molar-refractivity contribution in [2.24, 2.45) is 0 Å². The third kappa shape index (κ3) is 7.07. The summed E-state index contributed by atoms with van der Waals surface area (Å²) in [6.45, 7) is 5.26. The van der Waals surface area contributed by atoms with Crippen molar-refractivity contribution in [3.05, 3.63) is 59.9 Å². The van der Waals surface area contributed by atoms with Crippen LogP contribution in [0.2, 0.25) is 0 Å². The number of likely N-dealkylation sites (tertiary alicyclic amines) is 1. The number of rotatable bonds is 7. The molecule has 2 aliphatic carbocycles. The highest BCUT2D eigenvalue weighted by Gasteiger charge is 2.46. The van der Waals surface area contributed by atoms with Crippen LogP contribution in [0.4, 0.5) is 10.5 Å². The molecule has 9 nitrogen and oxygen atoms in total. The van der Waals surface area contributed by atoms with Crippen LogP contribution in [0, 0.1) is 0 Å². The topological polar surface area (TPSA) is 112 Å². The Bertz CT molecular complexity index is 1220. The van der Waals surface area contributed by atoms with E-state index in [1.54, 1.807) is 45.3 Å². The number of carbonyl (C=O) groups excluding carboxylic acids is 3. The highest BCUT2D eigenvalue weighted by atomic mass is 16.6. The number of nitrogens with one attached hydrogen (secondary N) is 1. The van der Waals surface area contributed by atoms with Crippen molar-refractivity contribution in [3.63, 3.8) is 0 Å². The van der Waals surface area contributed by atoms with E-state index in [4.69, 9.17) is 4.74 Å². The largest absolute Gasteiger partial charge is 0.444 e. The van der Waals surface area contributed by atoms with Gasteiger partial charge in [0.1, 0.15) is 17.7 Å². The van der Waals surface area contributed by atoms with Crippen LogP contribution < -0.4 is 10.2 Å². The first-order valence-electron chi connectivity index (χ1n) is 14.9. The fourth-order valence-electron chi connectivity index (χ4n) is 5.94. The van der Waals surface area contributed by atoms with Crippen LogP contribution in [0.25, 0.3) is 0 Å². The van der Waals surface area contributed by atoms with Gasteiger partial charge in [0.05, 0.1) is 12.6 Å². The quantitative estimate of drug-likeness (QED) is 0.499. The summed E-state index contributed by atoms with van der Waals surface area (Å²) in [4.78, 5) is 48.9. The first kappa shape index (κ1) is 29.0. The van der Waals surface area contributed by atoms with Crippen molar-refractivity contribution < 1.29 is 24.2 Å². The number of aromatic nitrogens is 1. The molecule has 1 aliphatic heterocycles. The Morgan fingerprint density at radius 1 is 1.05 bits per heavy atom. The summed E-state index contributed by atoms with van der Waals surface area (Å²) in [5, 5.41) is 13.8. The highest BCUT2D eigenvalue weighted by molar-refractivity contribution is 6.04. The van der Waals surface area contributed by atoms with Gasteiger partial charge in [-0.05, 0) is 76.1 Å². The monoisotopic (exact) mass is 562 g/mol.